The van der Waals surface area contributed by atoms with Gasteiger partial charge in [0.05, 0.1) is 11.6 Å². The highest BCUT2D eigenvalue weighted by atomic mass is 16.1. The Morgan fingerprint density at radius 3 is 2.33 bits per heavy atom. The van der Waals surface area contributed by atoms with Gasteiger partial charge < -0.3 is 11.1 Å². The average Bonchev–Trinajstić information content (AvgIpc) is 2.48. The molecule has 0 aliphatic heterocycles. The van der Waals surface area contributed by atoms with Gasteiger partial charge in [0.1, 0.15) is 0 Å². The van der Waals surface area contributed by atoms with Gasteiger partial charge in [0.25, 0.3) is 5.91 Å². The van der Waals surface area contributed by atoms with E-state index in [1.165, 1.54) is 0 Å². The summed E-state index contributed by atoms with van der Waals surface area (Å²) in [5.41, 5.74) is 9.12. The fraction of sp³-hybridized carbons (Fsp3) is 0.278. The number of anilines is 1. The number of hydrogen-bond donors (Lipinski definition) is 2. The molecule has 110 valence electrons. The van der Waals surface area contributed by atoms with Gasteiger partial charge in [-0.2, -0.15) is 0 Å². The number of benzene rings is 2. The molecule has 3 N–H and O–H groups in total. The molecule has 2 aromatic carbocycles. The van der Waals surface area contributed by atoms with Crippen LogP contribution in [0.4, 0.5) is 5.69 Å². The molecule has 0 bridgehead atoms. The Bertz CT molecular complexity index is 620. The first-order valence-corrected chi connectivity index (χ1v) is 7.21. The van der Waals surface area contributed by atoms with Crippen molar-refractivity contribution >= 4 is 11.6 Å². The van der Waals surface area contributed by atoms with E-state index >= 15 is 0 Å². The first kappa shape index (κ1) is 15.1. The quantitative estimate of drug-likeness (QED) is 0.840. The van der Waals surface area contributed by atoms with Crippen LogP contribution < -0.4 is 11.1 Å². The van der Waals surface area contributed by atoms with Crippen molar-refractivity contribution in [3.63, 3.8) is 0 Å². The number of carbonyl (C=O) groups excluding carboxylic acids is 1. The summed E-state index contributed by atoms with van der Waals surface area (Å²) in [4.78, 5) is 12.5. The largest absolute Gasteiger partial charge is 0.398 e. The molecule has 0 aromatic heterocycles. The van der Waals surface area contributed by atoms with Crippen molar-refractivity contribution < 1.29 is 4.79 Å². The molecule has 1 atom stereocenters. The van der Waals surface area contributed by atoms with Crippen molar-refractivity contribution in [1.82, 2.24) is 5.32 Å². The van der Waals surface area contributed by atoms with Crippen molar-refractivity contribution in [3.05, 3.63) is 65.2 Å². The minimum Gasteiger partial charge on any atom is -0.398 e. The maximum Gasteiger partial charge on any atom is 0.253 e. The lowest BCUT2D eigenvalue weighted by Gasteiger charge is -2.23. The molecule has 1 amide bonds. The highest BCUT2D eigenvalue weighted by Gasteiger charge is 2.20. The molecular formula is C18H22N2O. The average molecular weight is 282 g/mol. The van der Waals surface area contributed by atoms with Crippen molar-refractivity contribution in [2.24, 2.45) is 5.92 Å². The van der Waals surface area contributed by atoms with Crippen LogP contribution in [0.3, 0.4) is 0 Å². The Kier molecular flexibility index (Phi) is 4.63. The van der Waals surface area contributed by atoms with Crippen LogP contribution in [0, 0.1) is 12.8 Å². The predicted molar refractivity (Wildman–Crippen MR) is 87.1 cm³/mol. The van der Waals surface area contributed by atoms with Gasteiger partial charge in [0, 0.05) is 5.69 Å². The minimum atomic E-state index is -0.126. The Hall–Kier alpha value is -2.29. The smallest absolute Gasteiger partial charge is 0.253 e. The molecule has 2 aromatic rings. The predicted octanol–water partition coefficient (Wildman–Crippen LogP) is 3.70. The summed E-state index contributed by atoms with van der Waals surface area (Å²) in [7, 11) is 0. The third kappa shape index (κ3) is 3.43. The molecule has 3 nitrogen and oxygen atoms in total. The van der Waals surface area contributed by atoms with E-state index in [9.17, 15) is 4.79 Å². The maximum absolute atomic E-state index is 12.5. The molecule has 0 radical (unpaired) electrons. The summed E-state index contributed by atoms with van der Waals surface area (Å²) in [5.74, 6) is 0.168. The van der Waals surface area contributed by atoms with Crippen LogP contribution in [0.1, 0.15) is 41.4 Å². The summed E-state index contributed by atoms with van der Waals surface area (Å²) < 4.78 is 0. The molecule has 0 heterocycles. The number of amides is 1. The molecule has 21 heavy (non-hydrogen) atoms. The molecule has 0 saturated heterocycles. The van der Waals surface area contributed by atoms with Crippen LogP contribution in [0.15, 0.2) is 48.5 Å². The first-order chi connectivity index (χ1) is 10.0. The van der Waals surface area contributed by atoms with Crippen molar-refractivity contribution in [3.8, 4) is 0 Å². The number of rotatable bonds is 4. The third-order valence-corrected chi connectivity index (χ3v) is 3.68. The first-order valence-electron chi connectivity index (χ1n) is 7.21. The Morgan fingerprint density at radius 1 is 1.05 bits per heavy atom. The monoisotopic (exact) mass is 282 g/mol. The highest BCUT2D eigenvalue weighted by molar-refractivity contribution is 5.99. The molecule has 1 unspecified atom stereocenters. The van der Waals surface area contributed by atoms with Gasteiger partial charge in [-0.3, -0.25) is 4.79 Å². The van der Waals surface area contributed by atoms with Crippen molar-refractivity contribution in [1.29, 1.82) is 0 Å². The number of hydrogen-bond acceptors (Lipinski definition) is 2. The van der Waals surface area contributed by atoms with Gasteiger partial charge in [0.15, 0.2) is 0 Å². The van der Waals surface area contributed by atoms with E-state index in [1.807, 2.05) is 49.4 Å². The van der Waals surface area contributed by atoms with E-state index in [0.717, 1.165) is 11.1 Å². The Balaban J connectivity index is 2.25. The number of nitrogens with one attached hydrogen (secondary N) is 1. The zero-order valence-corrected chi connectivity index (χ0v) is 12.8. The molecule has 0 spiro atoms. The van der Waals surface area contributed by atoms with Crippen LogP contribution in [0.5, 0.6) is 0 Å². The fourth-order valence-corrected chi connectivity index (χ4v) is 2.39. The van der Waals surface area contributed by atoms with Crippen molar-refractivity contribution in [2.75, 3.05) is 5.73 Å². The standard InChI is InChI=1S/C18H22N2O/c1-12(2)17(14-9-5-4-6-10-14)20-18(21)15-11-7-8-13(3)16(15)19/h4-12,17H,19H2,1-3H3,(H,20,21). The Labute approximate surface area is 126 Å². The second-order valence-electron chi connectivity index (χ2n) is 5.64. The number of nitrogens with two attached hydrogens (primary N) is 1. The normalized spacial score (nSPS) is 12.2. The lowest BCUT2D eigenvalue weighted by molar-refractivity contribution is 0.0926. The lowest BCUT2D eigenvalue weighted by Crippen LogP contribution is -2.32. The van der Waals surface area contributed by atoms with E-state index in [0.29, 0.717) is 17.2 Å². The van der Waals surface area contributed by atoms with Crippen LogP contribution in [0.2, 0.25) is 0 Å². The zero-order valence-electron chi connectivity index (χ0n) is 12.8. The number of carbonyl (C=O) groups is 1. The summed E-state index contributed by atoms with van der Waals surface area (Å²) in [5, 5.41) is 3.10. The number of aryl methyl sites for hydroxylation is 1. The van der Waals surface area contributed by atoms with Gasteiger partial charge in [-0.25, -0.2) is 0 Å². The van der Waals surface area contributed by atoms with Crippen LogP contribution >= 0.6 is 0 Å². The topological polar surface area (TPSA) is 55.1 Å². The van der Waals surface area contributed by atoms with Gasteiger partial charge in [-0.05, 0) is 30.0 Å². The van der Waals surface area contributed by atoms with E-state index in [4.69, 9.17) is 5.73 Å². The highest BCUT2D eigenvalue weighted by Crippen LogP contribution is 2.23. The van der Waals surface area contributed by atoms with E-state index < -0.39 is 0 Å². The zero-order chi connectivity index (χ0) is 15.4. The van der Waals surface area contributed by atoms with Crippen LogP contribution in [0.25, 0.3) is 0 Å². The fourth-order valence-electron chi connectivity index (χ4n) is 2.39. The van der Waals surface area contributed by atoms with Crippen LogP contribution in [-0.2, 0) is 0 Å². The van der Waals surface area contributed by atoms with E-state index in [-0.39, 0.29) is 11.9 Å². The molecule has 3 heteroatoms. The maximum atomic E-state index is 12.5. The van der Waals surface area contributed by atoms with E-state index in [1.54, 1.807) is 6.07 Å². The van der Waals surface area contributed by atoms with Gasteiger partial charge in [-0.15, -0.1) is 0 Å². The van der Waals surface area contributed by atoms with Gasteiger partial charge in [0.2, 0.25) is 0 Å². The third-order valence-electron chi connectivity index (χ3n) is 3.68. The lowest BCUT2D eigenvalue weighted by atomic mass is 9.95. The van der Waals surface area contributed by atoms with E-state index in [2.05, 4.69) is 19.2 Å². The summed E-state index contributed by atoms with van der Waals surface area (Å²) >= 11 is 0. The van der Waals surface area contributed by atoms with Crippen molar-refractivity contribution in [2.45, 2.75) is 26.8 Å². The molecular weight excluding hydrogens is 260 g/mol. The Morgan fingerprint density at radius 2 is 1.71 bits per heavy atom. The van der Waals surface area contributed by atoms with Crippen LogP contribution in [-0.4, -0.2) is 5.91 Å². The SMILES string of the molecule is Cc1cccc(C(=O)NC(c2ccccc2)C(C)C)c1N. The van der Waals surface area contributed by atoms with Gasteiger partial charge in [-0.1, -0.05) is 56.3 Å². The van der Waals surface area contributed by atoms with Gasteiger partial charge >= 0.3 is 0 Å². The minimum absolute atomic E-state index is 0.0291. The number of para-hydroxylation sites is 1. The second-order valence-corrected chi connectivity index (χ2v) is 5.64. The molecule has 2 rings (SSSR count). The second kappa shape index (κ2) is 6.44. The number of nitrogen functional groups attached to an aromatic ring is 1. The molecule has 0 fully saturated rings. The molecule has 0 aliphatic carbocycles. The summed E-state index contributed by atoms with van der Waals surface area (Å²) in [6.45, 7) is 6.10. The summed E-state index contributed by atoms with van der Waals surface area (Å²) in [6, 6.07) is 15.5. The molecule has 0 saturated carbocycles. The summed E-state index contributed by atoms with van der Waals surface area (Å²) in [6.07, 6.45) is 0. The molecule has 0 aliphatic rings.